The van der Waals surface area contributed by atoms with E-state index in [4.69, 9.17) is 11.6 Å². The van der Waals surface area contributed by atoms with E-state index in [1.54, 1.807) is 4.90 Å². The summed E-state index contributed by atoms with van der Waals surface area (Å²) in [5.74, 6) is -0.973. The summed E-state index contributed by atoms with van der Waals surface area (Å²) in [6.07, 6.45) is 1.15. The maximum Gasteiger partial charge on any atom is 0.243 e. The number of likely N-dealkylation sites (N-methyl/N-ethyl adjacent to an activating group) is 1. The lowest BCUT2D eigenvalue weighted by molar-refractivity contribution is -0.134. The molecule has 1 aliphatic heterocycles. The Morgan fingerprint density at radius 2 is 1.81 bits per heavy atom. The molecule has 1 unspecified atom stereocenters. The minimum Gasteiger partial charge on any atom is -0.347 e. The van der Waals surface area contributed by atoms with Crippen LogP contribution in [0.3, 0.4) is 0 Å². The topological polar surface area (TPSA) is 86.8 Å². The average Bonchev–Trinajstić information content (AvgIpc) is 2.81. The number of rotatable bonds is 8. The SMILES string of the molecule is CCN(Cc1ccccc1)C(=O)CNC(=O)C1CCCN(S(=O)(=O)c2ccc(Cl)cc2)C1. The molecule has 1 aliphatic rings. The van der Waals surface area contributed by atoms with Crippen molar-refractivity contribution >= 4 is 33.4 Å². The molecule has 1 fully saturated rings. The van der Waals surface area contributed by atoms with Crippen LogP contribution in [-0.4, -0.2) is 55.6 Å². The molecule has 2 amide bonds. The van der Waals surface area contributed by atoms with Gasteiger partial charge in [0.1, 0.15) is 0 Å². The van der Waals surface area contributed by atoms with E-state index in [1.165, 1.54) is 28.6 Å². The zero-order chi connectivity index (χ0) is 23.1. The van der Waals surface area contributed by atoms with Gasteiger partial charge in [0.05, 0.1) is 17.4 Å². The molecule has 1 saturated heterocycles. The average molecular weight is 478 g/mol. The van der Waals surface area contributed by atoms with Crippen molar-refractivity contribution in [3.05, 3.63) is 65.2 Å². The van der Waals surface area contributed by atoms with Crippen molar-refractivity contribution in [2.24, 2.45) is 5.92 Å². The van der Waals surface area contributed by atoms with Gasteiger partial charge in [0, 0.05) is 31.2 Å². The van der Waals surface area contributed by atoms with Crippen LogP contribution in [0.2, 0.25) is 5.02 Å². The third-order valence-corrected chi connectivity index (χ3v) is 7.70. The Hall–Kier alpha value is -2.42. The molecule has 2 aromatic rings. The molecular weight excluding hydrogens is 450 g/mol. The number of nitrogens with one attached hydrogen (secondary N) is 1. The second-order valence-corrected chi connectivity index (χ2v) is 10.1. The third kappa shape index (κ3) is 6.09. The predicted molar refractivity (Wildman–Crippen MR) is 123 cm³/mol. The Balaban J connectivity index is 1.56. The number of halogens is 1. The van der Waals surface area contributed by atoms with Crippen LogP contribution in [-0.2, 0) is 26.2 Å². The lowest BCUT2D eigenvalue weighted by Crippen LogP contribution is -2.47. The zero-order valence-electron chi connectivity index (χ0n) is 18.0. The molecular formula is C23H28ClN3O4S. The van der Waals surface area contributed by atoms with Gasteiger partial charge in [-0.3, -0.25) is 9.59 Å². The van der Waals surface area contributed by atoms with Gasteiger partial charge in [-0.25, -0.2) is 8.42 Å². The molecule has 0 saturated carbocycles. The van der Waals surface area contributed by atoms with Crippen molar-refractivity contribution in [1.82, 2.24) is 14.5 Å². The van der Waals surface area contributed by atoms with Gasteiger partial charge in [-0.1, -0.05) is 41.9 Å². The van der Waals surface area contributed by atoms with Gasteiger partial charge in [-0.2, -0.15) is 4.31 Å². The van der Waals surface area contributed by atoms with Gasteiger partial charge < -0.3 is 10.2 Å². The van der Waals surface area contributed by atoms with Gasteiger partial charge in [-0.15, -0.1) is 0 Å². The summed E-state index contributed by atoms with van der Waals surface area (Å²) < 4.78 is 27.2. The fraction of sp³-hybridized carbons (Fsp3) is 0.391. The Morgan fingerprint density at radius 3 is 2.47 bits per heavy atom. The third-order valence-electron chi connectivity index (χ3n) is 5.57. The van der Waals surface area contributed by atoms with Gasteiger partial charge in [-0.05, 0) is 49.6 Å². The van der Waals surface area contributed by atoms with Crippen molar-refractivity contribution in [1.29, 1.82) is 0 Å². The normalized spacial score (nSPS) is 17.0. The van der Waals surface area contributed by atoms with Crippen LogP contribution in [0, 0.1) is 5.92 Å². The van der Waals surface area contributed by atoms with Gasteiger partial charge in [0.15, 0.2) is 0 Å². The number of hydrogen-bond acceptors (Lipinski definition) is 4. The highest BCUT2D eigenvalue weighted by atomic mass is 35.5. The predicted octanol–water partition coefficient (Wildman–Crippen LogP) is 2.91. The molecule has 172 valence electrons. The maximum absolute atomic E-state index is 12.9. The molecule has 0 aromatic heterocycles. The molecule has 2 aromatic carbocycles. The number of benzene rings is 2. The van der Waals surface area contributed by atoms with Gasteiger partial charge in [0.2, 0.25) is 21.8 Å². The minimum atomic E-state index is -3.71. The number of piperidine rings is 1. The highest BCUT2D eigenvalue weighted by Crippen LogP contribution is 2.24. The summed E-state index contributed by atoms with van der Waals surface area (Å²) in [5.41, 5.74) is 1.02. The number of carbonyl (C=O) groups is 2. The van der Waals surface area contributed by atoms with E-state index < -0.39 is 15.9 Å². The van der Waals surface area contributed by atoms with Crippen molar-refractivity contribution in [2.45, 2.75) is 31.2 Å². The molecule has 1 heterocycles. The van der Waals surface area contributed by atoms with E-state index in [0.29, 0.717) is 37.5 Å². The lowest BCUT2D eigenvalue weighted by atomic mass is 9.99. The lowest BCUT2D eigenvalue weighted by Gasteiger charge is -2.31. The largest absolute Gasteiger partial charge is 0.347 e. The van der Waals surface area contributed by atoms with Crippen molar-refractivity contribution < 1.29 is 18.0 Å². The molecule has 7 nitrogen and oxygen atoms in total. The fourth-order valence-electron chi connectivity index (χ4n) is 3.73. The number of nitrogens with zero attached hydrogens (tertiary/aromatic N) is 2. The smallest absolute Gasteiger partial charge is 0.243 e. The number of carbonyl (C=O) groups excluding carboxylic acids is 2. The first kappa shape index (κ1) is 24.2. The van der Waals surface area contributed by atoms with Crippen LogP contribution >= 0.6 is 11.6 Å². The van der Waals surface area contributed by atoms with Crippen LogP contribution in [0.5, 0.6) is 0 Å². The molecule has 1 N–H and O–H groups in total. The second kappa shape index (κ2) is 10.9. The molecule has 0 spiro atoms. The van der Waals surface area contributed by atoms with Crippen molar-refractivity contribution in [3.63, 3.8) is 0 Å². The molecule has 3 rings (SSSR count). The molecule has 1 atom stereocenters. The second-order valence-electron chi connectivity index (χ2n) is 7.77. The first-order chi connectivity index (χ1) is 15.3. The maximum atomic E-state index is 12.9. The van der Waals surface area contributed by atoms with E-state index in [1.807, 2.05) is 37.3 Å². The zero-order valence-corrected chi connectivity index (χ0v) is 19.6. The highest BCUT2D eigenvalue weighted by Gasteiger charge is 2.33. The summed E-state index contributed by atoms with van der Waals surface area (Å²) in [6.45, 7) is 3.23. The molecule has 0 bridgehead atoms. The highest BCUT2D eigenvalue weighted by molar-refractivity contribution is 7.89. The summed E-state index contributed by atoms with van der Waals surface area (Å²) in [7, 11) is -3.71. The van der Waals surface area contributed by atoms with Crippen LogP contribution in [0.25, 0.3) is 0 Å². The Kier molecular flexibility index (Phi) is 8.28. The number of sulfonamides is 1. The van der Waals surface area contributed by atoms with E-state index in [2.05, 4.69) is 5.32 Å². The molecule has 0 radical (unpaired) electrons. The summed E-state index contributed by atoms with van der Waals surface area (Å²) in [4.78, 5) is 27.1. The fourth-order valence-corrected chi connectivity index (χ4v) is 5.38. The standard InChI is InChI=1S/C23H28ClN3O4S/c1-2-26(16-18-7-4-3-5-8-18)22(28)15-25-23(29)19-9-6-14-27(17-19)32(30,31)21-12-10-20(24)11-13-21/h3-5,7-8,10-13,19H,2,6,9,14-17H2,1H3,(H,25,29). The van der Waals surface area contributed by atoms with Gasteiger partial charge >= 0.3 is 0 Å². The first-order valence-electron chi connectivity index (χ1n) is 10.7. The van der Waals surface area contributed by atoms with Crippen molar-refractivity contribution in [2.75, 3.05) is 26.2 Å². The van der Waals surface area contributed by atoms with E-state index in [9.17, 15) is 18.0 Å². The van der Waals surface area contributed by atoms with Crippen molar-refractivity contribution in [3.8, 4) is 0 Å². The monoisotopic (exact) mass is 477 g/mol. The van der Waals surface area contributed by atoms with Crippen LogP contribution in [0.15, 0.2) is 59.5 Å². The van der Waals surface area contributed by atoms with E-state index in [-0.39, 0.29) is 29.8 Å². The molecule has 0 aliphatic carbocycles. The number of hydrogen-bond donors (Lipinski definition) is 1. The van der Waals surface area contributed by atoms with E-state index in [0.717, 1.165) is 5.56 Å². The molecule has 32 heavy (non-hydrogen) atoms. The van der Waals surface area contributed by atoms with Crippen LogP contribution in [0.4, 0.5) is 0 Å². The van der Waals surface area contributed by atoms with Crippen LogP contribution in [0.1, 0.15) is 25.3 Å². The number of amides is 2. The quantitative estimate of drug-likeness (QED) is 0.633. The Bertz CT molecular complexity index is 1030. The summed E-state index contributed by atoms with van der Waals surface area (Å²) in [5, 5.41) is 3.16. The minimum absolute atomic E-state index is 0.0898. The first-order valence-corrected chi connectivity index (χ1v) is 12.5. The summed E-state index contributed by atoms with van der Waals surface area (Å²) >= 11 is 5.86. The molecule has 9 heteroatoms. The Labute approximate surface area is 194 Å². The van der Waals surface area contributed by atoms with E-state index >= 15 is 0 Å². The Morgan fingerprint density at radius 1 is 1.12 bits per heavy atom. The van der Waals surface area contributed by atoms with Crippen LogP contribution < -0.4 is 5.32 Å². The van der Waals surface area contributed by atoms with Gasteiger partial charge in [0.25, 0.3) is 0 Å². The summed E-state index contributed by atoms with van der Waals surface area (Å²) in [6, 6.07) is 15.6.